The summed E-state index contributed by atoms with van der Waals surface area (Å²) in [4.78, 5) is 4.68. The first kappa shape index (κ1) is 14.0. The normalized spacial score (nSPS) is 26.6. The molecule has 2 saturated carbocycles. The zero-order valence-electron chi connectivity index (χ0n) is 12.5. The Labute approximate surface area is 122 Å². The summed E-state index contributed by atoms with van der Waals surface area (Å²) in [7, 11) is 0. The molecule has 0 aliphatic heterocycles. The second-order valence-corrected chi connectivity index (χ2v) is 6.47. The van der Waals surface area contributed by atoms with Gasteiger partial charge in [0.15, 0.2) is 0 Å². The van der Waals surface area contributed by atoms with Gasteiger partial charge in [-0.25, -0.2) is 0 Å². The maximum absolute atomic E-state index is 6.03. The van der Waals surface area contributed by atoms with E-state index in [-0.39, 0.29) is 0 Å². The summed E-state index contributed by atoms with van der Waals surface area (Å²) < 4.78 is 6.03. The van der Waals surface area contributed by atoms with E-state index in [9.17, 15) is 0 Å². The Hall–Kier alpha value is -0.930. The quantitative estimate of drug-likeness (QED) is 0.863. The fourth-order valence-corrected chi connectivity index (χ4v) is 2.84. The van der Waals surface area contributed by atoms with Crippen LogP contribution in [-0.4, -0.2) is 17.1 Å². The van der Waals surface area contributed by atoms with Gasteiger partial charge in [-0.1, -0.05) is 13.0 Å². The van der Waals surface area contributed by atoms with Crippen LogP contribution in [0.4, 0.5) is 0 Å². The highest BCUT2D eigenvalue weighted by Crippen LogP contribution is 2.26. The predicted octanol–water partition coefficient (Wildman–Crippen LogP) is 3.43. The van der Waals surface area contributed by atoms with E-state index in [1.165, 1.54) is 38.5 Å². The Morgan fingerprint density at radius 3 is 2.60 bits per heavy atom. The monoisotopic (exact) mass is 274 g/mol. The van der Waals surface area contributed by atoms with Crippen LogP contribution in [0.3, 0.4) is 0 Å². The van der Waals surface area contributed by atoms with E-state index in [0.29, 0.717) is 12.7 Å². The average molecular weight is 274 g/mol. The van der Waals surface area contributed by atoms with Crippen molar-refractivity contribution in [2.24, 2.45) is 5.92 Å². The number of nitrogens with one attached hydrogen (secondary N) is 1. The maximum Gasteiger partial charge on any atom is 0.0891 e. The molecule has 2 fully saturated rings. The van der Waals surface area contributed by atoms with Gasteiger partial charge in [-0.3, -0.25) is 4.98 Å². The third-order valence-corrected chi connectivity index (χ3v) is 4.44. The number of aromatic nitrogens is 1. The van der Waals surface area contributed by atoms with Gasteiger partial charge in [0.2, 0.25) is 0 Å². The van der Waals surface area contributed by atoms with E-state index in [0.717, 1.165) is 29.9 Å². The summed E-state index contributed by atoms with van der Waals surface area (Å²) in [6.07, 6.45) is 8.13. The van der Waals surface area contributed by atoms with E-state index >= 15 is 0 Å². The van der Waals surface area contributed by atoms with Crippen LogP contribution in [0.5, 0.6) is 0 Å². The van der Waals surface area contributed by atoms with Gasteiger partial charge in [0.1, 0.15) is 0 Å². The highest BCUT2D eigenvalue weighted by molar-refractivity contribution is 5.11. The van der Waals surface area contributed by atoms with Crippen LogP contribution in [0.2, 0.25) is 0 Å². The topological polar surface area (TPSA) is 34.1 Å². The summed E-state index contributed by atoms with van der Waals surface area (Å²) in [6.45, 7) is 3.89. The number of nitrogens with zero attached hydrogens (tertiary/aromatic N) is 1. The Morgan fingerprint density at radius 1 is 1.10 bits per heavy atom. The first-order valence-electron chi connectivity index (χ1n) is 8.09. The van der Waals surface area contributed by atoms with Crippen molar-refractivity contribution in [1.82, 2.24) is 10.3 Å². The maximum atomic E-state index is 6.03. The lowest BCUT2D eigenvalue weighted by atomic mass is 9.89. The third-order valence-electron chi connectivity index (χ3n) is 4.44. The summed E-state index contributed by atoms with van der Waals surface area (Å²) in [5.74, 6) is 0.879. The van der Waals surface area contributed by atoms with Gasteiger partial charge in [-0.15, -0.1) is 0 Å². The number of hydrogen-bond donors (Lipinski definition) is 1. The summed E-state index contributed by atoms with van der Waals surface area (Å²) in [5, 5.41) is 3.51. The molecule has 0 amide bonds. The molecule has 0 spiro atoms. The fourth-order valence-electron chi connectivity index (χ4n) is 2.84. The lowest BCUT2D eigenvalue weighted by Gasteiger charge is -2.26. The minimum absolute atomic E-state index is 0.446. The highest BCUT2D eigenvalue weighted by Gasteiger charge is 2.20. The minimum atomic E-state index is 0.446. The van der Waals surface area contributed by atoms with Crippen molar-refractivity contribution in [3.05, 3.63) is 29.6 Å². The minimum Gasteiger partial charge on any atom is -0.372 e. The second kappa shape index (κ2) is 6.68. The Morgan fingerprint density at radius 2 is 1.85 bits per heavy atom. The van der Waals surface area contributed by atoms with Crippen molar-refractivity contribution in [2.45, 2.75) is 70.7 Å². The van der Waals surface area contributed by atoms with Crippen molar-refractivity contribution in [2.75, 3.05) is 0 Å². The lowest BCUT2D eigenvalue weighted by Crippen LogP contribution is -2.20. The van der Waals surface area contributed by atoms with Crippen LogP contribution in [0.1, 0.15) is 56.8 Å². The van der Waals surface area contributed by atoms with Crippen LogP contribution < -0.4 is 5.32 Å². The molecule has 0 saturated heterocycles. The Kier molecular flexibility index (Phi) is 4.69. The summed E-state index contributed by atoms with van der Waals surface area (Å²) >= 11 is 0. The van der Waals surface area contributed by atoms with Crippen LogP contribution in [-0.2, 0) is 17.9 Å². The molecule has 2 aliphatic carbocycles. The third kappa shape index (κ3) is 4.29. The smallest absolute Gasteiger partial charge is 0.0891 e. The van der Waals surface area contributed by atoms with Crippen LogP contribution in [0, 0.1) is 5.92 Å². The van der Waals surface area contributed by atoms with E-state index < -0.39 is 0 Å². The predicted molar refractivity (Wildman–Crippen MR) is 80.3 cm³/mol. The molecule has 3 rings (SSSR count). The molecule has 110 valence electrons. The first-order chi connectivity index (χ1) is 9.79. The molecule has 3 heteroatoms. The molecule has 20 heavy (non-hydrogen) atoms. The molecule has 1 N–H and O–H groups in total. The fraction of sp³-hybridized carbons (Fsp3) is 0.706. The van der Waals surface area contributed by atoms with Crippen molar-refractivity contribution < 1.29 is 4.74 Å². The van der Waals surface area contributed by atoms with Crippen LogP contribution in [0.25, 0.3) is 0 Å². The van der Waals surface area contributed by atoms with Crippen molar-refractivity contribution in [3.63, 3.8) is 0 Å². The first-order valence-corrected chi connectivity index (χ1v) is 8.09. The van der Waals surface area contributed by atoms with Gasteiger partial charge in [-0.2, -0.15) is 0 Å². The van der Waals surface area contributed by atoms with E-state index in [1.807, 2.05) is 0 Å². The largest absolute Gasteiger partial charge is 0.372 e. The SMILES string of the molecule is CC1CCC(OCc2cccc(CNC3CC3)n2)CC1. The molecule has 0 unspecified atom stereocenters. The Balaban J connectivity index is 1.45. The molecule has 1 heterocycles. The lowest BCUT2D eigenvalue weighted by molar-refractivity contribution is 0.00721. The zero-order chi connectivity index (χ0) is 13.8. The number of pyridine rings is 1. The van der Waals surface area contributed by atoms with E-state index in [1.54, 1.807) is 0 Å². The van der Waals surface area contributed by atoms with Gasteiger partial charge in [0.25, 0.3) is 0 Å². The highest BCUT2D eigenvalue weighted by atomic mass is 16.5. The molecular formula is C17H26N2O. The van der Waals surface area contributed by atoms with E-state index in [2.05, 4.69) is 35.4 Å². The number of rotatable bonds is 6. The molecule has 1 aromatic heterocycles. The van der Waals surface area contributed by atoms with Crippen molar-refractivity contribution in [1.29, 1.82) is 0 Å². The van der Waals surface area contributed by atoms with Crippen molar-refractivity contribution >= 4 is 0 Å². The number of ether oxygens (including phenoxy) is 1. The van der Waals surface area contributed by atoms with E-state index in [4.69, 9.17) is 4.74 Å². The molecule has 3 nitrogen and oxygen atoms in total. The standard InChI is InChI=1S/C17H26N2O/c1-13-5-9-17(10-6-13)20-12-16-4-2-3-15(19-16)11-18-14-7-8-14/h2-4,13-14,17-18H,5-12H2,1H3. The number of hydrogen-bond acceptors (Lipinski definition) is 3. The van der Waals surface area contributed by atoms with Crippen LogP contribution >= 0.6 is 0 Å². The van der Waals surface area contributed by atoms with Crippen LogP contribution in [0.15, 0.2) is 18.2 Å². The molecule has 0 atom stereocenters. The molecule has 2 aliphatic rings. The van der Waals surface area contributed by atoms with Gasteiger partial charge < -0.3 is 10.1 Å². The molecule has 0 aromatic carbocycles. The Bertz CT molecular complexity index is 423. The van der Waals surface area contributed by atoms with Gasteiger partial charge in [0, 0.05) is 12.6 Å². The average Bonchev–Trinajstić information content (AvgIpc) is 3.29. The molecule has 0 radical (unpaired) electrons. The summed E-state index contributed by atoms with van der Waals surface area (Å²) in [6, 6.07) is 7.01. The molecular weight excluding hydrogens is 248 g/mol. The van der Waals surface area contributed by atoms with Gasteiger partial charge in [-0.05, 0) is 56.6 Å². The molecule has 1 aromatic rings. The van der Waals surface area contributed by atoms with Gasteiger partial charge in [0.05, 0.1) is 24.1 Å². The summed E-state index contributed by atoms with van der Waals surface area (Å²) in [5.41, 5.74) is 2.20. The van der Waals surface area contributed by atoms with Gasteiger partial charge >= 0.3 is 0 Å². The van der Waals surface area contributed by atoms with Crippen molar-refractivity contribution in [3.8, 4) is 0 Å². The zero-order valence-corrected chi connectivity index (χ0v) is 12.5. The second-order valence-electron chi connectivity index (χ2n) is 6.47. The molecule has 0 bridgehead atoms.